The van der Waals surface area contributed by atoms with E-state index >= 15 is 0 Å². The van der Waals surface area contributed by atoms with Crippen LogP contribution in [0.1, 0.15) is 52.7 Å². The van der Waals surface area contributed by atoms with Crippen LogP contribution >= 0.6 is 0 Å². The van der Waals surface area contributed by atoms with Crippen LogP contribution in [0, 0.1) is 0 Å². The normalized spacial score (nSPS) is 13.1. The lowest BCUT2D eigenvalue weighted by Crippen LogP contribution is -2.15. The van der Waals surface area contributed by atoms with E-state index in [2.05, 4.69) is 219 Å². The molecule has 13 aromatic rings. The van der Waals surface area contributed by atoms with E-state index in [9.17, 15) is 0 Å². The van der Waals surface area contributed by atoms with E-state index < -0.39 is 0 Å². The quantitative estimate of drug-likeness (QED) is 0.174. The van der Waals surface area contributed by atoms with Crippen LogP contribution in [0.4, 0.5) is 17.1 Å². The molecule has 0 unspecified atom stereocenters. The summed E-state index contributed by atoms with van der Waals surface area (Å²) in [5.41, 5.74) is 13.6. The number of benzene rings is 9. The number of fused-ring (bicyclic) bond motifs is 17. The zero-order chi connectivity index (χ0) is 41.1. The van der Waals surface area contributed by atoms with Gasteiger partial charge in [-0.1, -0.05) is 133 Å². The van der Waals surface area contributed by atoms with E-state index in [4.69, 9.17) is 0 Å². The maximum absolute atomic E-state index is 2.63. The molecular weight excluding hydrogens is 739 g/mol. The van der Waals surface area contributed by atoms with Gasteiger partial charge in [-0.15, -0.1) is 0 Å². The number of nitrogens with zero attached hydrogens (tertiary/aromatic N) is 3. The predicted octanol–water partition coefficient (Wildman–Crippen LogP) is 16.4. The Hall–Kier alpha value is -7.10. The molecule has 4 aromatic heterocycles. The van der Waals surface area contributed by atoms with Crippen LogP contribution < -0.4 is 4.90 Å². The largest absolute Gasteiger partial charge is 0.308 e. The Morgan fingerprint density at radius 2 is 0.803 bits per heavy atom. The second-order valence-corrected chi connectivity index (χ2v) is 19.4. The fourth-order valence-electron chi connectivity index (χ4n) is 10.9. The summed E-state index contributed by atoms with van der Waals surface area (Å²) in [5, 5.41) is 15.8. The zero-order valence-corrected chi connectivity index (χ0v) is 35.4. The van der Waals surface area contributed by atoms with Gasteiger partial charge in [0.1, 0.15) is 0 Å². The van der Waals surface area contributed by atoms with Crippen molar-refractivity contribution in [2.75, 3.05) is 4.90 Å². The molecule has 3 heteroatoms. The van der Waals surface area contributed by atoms with Crippen molar-refractivity contribution in [2.24, 2.45) is 0 Å². The van der Waals surface area contributed by atoms with E-state index in [1.54, 1.807) is 0 Å². The molecule has 0 aliphatic heterocycles. The van der Waals surface area contributed by atoms with Crippen LogP contribution in [0.25, 0.3) is 97.7 Å². The summed E-state index contributed by atoms with van der Waals surface area (Å²) in [7, 11) is 0. The molecule has 0 aliphatic carbocycles. The van der Waals surface area contributed by atoms with Gasteiger partial charge >= 0.3 is 0 Å². The number of para-hydroxylation sites is 2. The first-order valence-electron chi connectivity index (χ1n) is 21.7. The van der Waals surface area contributed by atoms with E-state index in [0.29, 0.717) is 0 Å². The lowest BCUT2D eigenvalue weighted by Gasteiger charge is -2.29. The minimum Gasteiger partial charge on any atom is -0.308 e. The molecule has 0 atom stereocenters. The van der Waals surface area contributed by atoms with E-state index in [-0.39, 0.29) is 10.8 Å². The van der Waals surface area contributed by atoms with Crippen molar-refractivity contribution in [3.8, 4) is 0 Å². The fraction of sp³-hybridized carbons (Fsp3) is 0.138. The van der Waals surface area contributed by atoms with Crippen LogP contribution in [0.5, 0.6) is 0 Å². The third kappa shape index (κ3) is 4.58. The van der Waals surface area contributed by atoms with Crippen molar-refractivity contribution in [3.05, 3.63) is 175 Å². The Kier molecular flexibility index (Phi) is 6.72. The molecule has 0 bridgehead atoms. The third-order valence-corrected chi connectivity index (χ3v) is 13.8. The first-order chi connectivity index (χ1) is 29.6. The molecule has 61 heavy (non-hydrogen) atoms. The second-order valence-electron chi connectivity index (χ2n) is 19.4. The molecule has 3 nitrogen and oxygen atoms in total. The molecule has 0 spiro atoms. The Labute approximate surface area is 354 Å². The van der Waals surface area contributed by atoms with Gasteiger partial charge in [-0.3, -0.25) is 0 Å². The van der Waals surface area contributed by atoms with Crippen molar-refractivity contribution in [2.45, 2.75) is 52.4 Å². The molecule has 13 rings (SSSR count). The molecule has 0 saturated carbocycles. The predicted molar refractivity (Wildman–Crippen MR) is 263 cm³/mol. The highest BCUT2D eigenvalue weighted by Gasteiger charge is 2.31. The van der Waals surface area contributed by atoms with Crippen molar-refractivity contribution in [3.63, 3.8) is 0 Å². The molecule has 0 fully saturated rings. The molecule has 0 saturated heterocycles. The van der Waals surface area contributed by atoms with Crippen LogP contribution in [0.3, 0.4) is 0 Å². The van der Waals surface area contributed by atoms with E-state index in [1.807, 2.05) is 0 Å². The topological polar surface area (TPSA) is 12.1 Å². The minimum atomic E-state index is -0.0766. The first kappa shape index (κ1) is 34.7. The van der Waals surface area contributed by atoms with Crippen LogP contribution in [0.2, 0.25) is 0 Å². The van der Waals surface area contributed by atoms with Crippen LogP contribution in [0.15, 0.2) is 164 Å². The highest BCUT2D eigenvalue weighted by molar-refractivity contribution is 6.40. The standard InChI is InChI=1S/C58H45N3/c1-57(2,3)36-30-42-43-31-37(58(4,5)6)33-49(59(38-19-9-7-10-20-38)39-21-11-8-12-22-39)55(43)61-48-28-27-47-51(52(48)45(32-36)54(42)61)44-29-35-18-14-16-24-41(35)53-50-40-23-15-13-17-34(40)25-26-46(50)60(47)56(44)53/h7-33H,1-6H3. The monoisotopic (exact) mass is 783 g/mol. The number of hydrogen-bond acceptors (Lipinski definition) is 1. The van der Waals surface area contributed by atoms with Crippen molar-refractivity contribution in [1.29, 1.82) is 0 Å². The highest BCUT2D eigenvalue weighted by Crippen LogP contribution is 2.52. The molecule has 9 aromatic carbocycles. The maximum Gasteiger partial charge on any atom is 0.0783 e. The summed E-state index contributed by atoms with van der Waals surface area (Å²) in [4.78, 5) is 2.48. The summed E-state index contributed by atoms with van der Waals surface area (Å²) < 4.78 is 5.21. The number of aromatic nitrogens is 2. The van der Waals surface area contributed by atoms with Gasteiger partial charge in [-0.25, -0.2) is 0 Å². The van der Waals surface area contributed by atoms with Crippen LogP contribution in [-0.2, 0) is 10.8 Å². The SMILES string of the molecule is CC(C)(C)c1cc(N(c2ccccc2)c2ccccc2)c2c(c1)c1cc(C(C)(C)C)cc3c4c5c6cc7ccccc7c7c8c9ccccc9ccc8n(c5ccc4n2c13)c67. The van der Waals surface area contributed by atoms with Gasteiger partial charge < -0.3 is 13.7 Å². The summed E-state index contributed by atoms with van der Waals surface area (Å²) in [6.45, 7) is 14.1. The minimum absolute atomic E-state index is 0.0663. The van der Waals surface area contributed by atoms with Gasteiger partial charge in [-0.2, -0.15) is 0 Å². The summed E-state index contributed by atoms with van der Waals surface area (Å²) in [6.07, 6.45) is 0. The molecular formula is C58H45N3. The van der Waals surface area contributed by atoms with Gasteiger partial charge in [0, 0.05) is 54.5 Å². The van der Waals surface area contributed by atoms with Gasteiger partial charge in [0.25, 0.3) is 0 Å². The van der Waals surface area contributed by atoms with Crippen LogP contribution in [-0.4, -0.2) is 8.80 Å². The van der Waals surface area contributed by atoms with Gasteiger partial charge in [0.15, 0.2) is 0 Å². The highest BCUT2D eigenvalue weighted by atomic mass is 15.2. The van der Waals surface area contributed by atoms with E-state index in [0.717, 1.165) is 11.4 Å². The number of rotatable bonds is 3. The third-order valence-electron chi connectivity index (χ3n) is 13.8. The first-order valence-corrected chi connectivity index (χ1v) is 21.7. The second kappa shape index (κ2) is 11.8. The average Bonchev–Trinajstić information content (AvgIpc) is 3.99. The molecule has 0 aliphatic rings. The Morgan fingerprint density at radius 3 is 1.43 bits per heavy atom. The fourth-order valence-corrected chi connectivity index (χ4v) is 10.9. The van der Waals surface area contributed by atoms with Crippen molar-refractivity contribution >= 4 is 115 Å². The smallest absolute Gasteiger partial charge is 0.0783 e. The van der Waals surface area contributed by atoms with Gasteiger partial charge in [0.2, 0.25) is 0 Å². The maximum atomic E-state index is 2.63. The average molecular weight is 784 g/mol. The molecule has 0 N–H and O–H groups in total. The summed E-state index contributed by atoms with van der Waals surface area (Å²) >= 11 is 0. The zero-order valence-electron chi connectivity index (χ0n) is 35.4. The Balaban J connectivity index is 1.28. The van der Waals surface area contributed by atoms with Crippen molar-refractivity contribution in [1.82, 2.24) is 8.80 Å². The van der Waals surface area contributed by atoms with E-state index in [1.165, 1.54) is 115 Å². The lowest BCUT2D eigenvalue weighted by molar-refractivity contribution is 0.591. The lowest BCUT2D eigenvalue weighted by atomic mass is 9.83. The number of hydrogen-bond donors (Lipinski definition) is 0. The molecule has 292 valence electrons. The molecule has 4 heterocycles. The Bertz CT molecular complexity index is 3890. The Morgan fingerprint density at radius 1 is 0.344 bits per heavy atom. The number of anilines is 3. The summed E-state index contributed by atoms with van der Waals surface area (Å²) in [6, 6.07) is 61.7. The van der Waals surface area contributed by atoms with Gasteiger partial charge in [-0.05, 0) is 116 Å². The molecule has 0 radical (unpaired) electrons. The van der Waals surface area contributed by atoms with Crippen molar-refractivity contribution < 1.29 is 0 Å². The molecule has 0 amide bonds. The summed E-state index contributed by atoms with van der Waals surface area (Å²) in [5.74, 6) is 0. The van der Waals surface area contributed by atoms with Gasteiger partial charge in [0.05, 0.1) is 38.8 Å².